The van der Waals surface area contributed by atoms with E-state index in [4.69, 9.17) is 4.74 Å². The average molecular weight is 364 g/mol. The molecule has 0 heterocycles. The first-order valence-electron chi connectivity index (χ1n) is 8.22. The number of rotatable bonds is 4. The summed E-state index contributed by atoms with van der Waals surface area (Å²) >= 11 is 0. The summed E-state index contributed by atoms with van der Waals surface area (Å²) in [5.41, 5.74) is 2.99. The van der Waals surface area contributed by atoms with Crippen LogP contribution in [0.25, 0.3) is 0 Å². The van der Waals surface area contributed by atoms with E-state index in [-0.39, 0.29) is 11.5 Å². The molecule has 0 aliphatic rings. The Morgan fingerprint density at radius 1 is 0.889 bits per heavy atom. The van der Waals surface area contributed by atoms with Gasteiger partial charge in [-0.25, -0.2) is 9.18 Å². The molecule has 0 fully saturated rings. The summed E-state index contributed by atoms with van der Waals surface area (Å²) < 4.78 is 18.1. The van der Waals surface area contributed by atoms with Crippen LogP contribution in [0.15, 0.2) is 70.9 Å². The average Bonchev–Trinajstić information content (AvgIpc) is 2.66. The summed E-state index contributed by atoms with van der Waals surface area (Å²) in [6.45, 7) is 3.59. The molecule has 0 atom stereocenters. The number of benzene rings is 3. The molecule has 0 spiro atoms. The van der Waals surface area contributed by atoms with E-state index < -0.39 is 11.8 Å². The molecule has 0 bridgehead atoms. The summed E-state index contributed by atoms with van der Waals surface area (Å²) in [5, 5.41) is 18.1. The normalized spacial score (nSPS) is 10.9. The first-order valence-corrected chi connectivity index (χ1v) is 8.22. The van der Waals surface area contributed by atoms with Crippen LogP contribution in [0.4, 0.5) is 15.8 Å². The van der Waals surface area contributed by atoms with Crippen molar-refractivity contribution in [2.24, 2.45) is 10.2 Å². The zero-order chi connectivity index (χ0) is 19.4. The van der Waals surface area contributed by atoms with Gasteiger partial charge in [0.1, 0.15) is 17.3 Å². The lowest BCUT2D eigenvalue weighted by molar-refractivity contribution is 0.0734. The first kappa shape index (κ1) is 18.3. The van der Waals surface area contributed by atoms with Crippen molar-refractivity contribution in [3.05, 3.63) is 83.2 Å². The van der Waals surface area contributed by atoms with E-state index in [2.05, 4.69) is 10.2 Å². The number of hydrogen-bond donors (Lipinski definition) is 1. The van der Waals surface area contributed by atoms with E-state index in [9.17, 15) is 14.3 Å². The molecule has 27 heavy (non-hydrogen) atoms. The summed E-state index contributed by atoms with van der Waals surface area (Å²) in [7, 11) is 0. The Morgan fingerprint density at radius 2 is 1.44 bits per heavy atom. The van der Waals surface area contributed by atoms with Crippen LogP contribution in [-0.2, 0) is 0 Å². The molecule has 1 N–H and O–H groups in total. The second-order valence-corrected chi connectivity index (χ2v) is 6.02. The third-order valence-corrected chi connectivity index (χ3v) is 3.88. The standard InChI is InChI=1S/C21H17FN2O3/c1-13-11-18(12-14(2)20(13)25)24-23-17-7-3-15(4-8-17)21(26)27-19-9-5-16(22)6-10-19/h3-12,25H,1-2H3. The van der Waals surface area contributed by atoms with E-state index in [1.807, 2.05) is 0 Å². The van der Waals surface area contributed by atoms with Gasteiger partial charge in [-0.05, 0) is 85.6 Å². The number of phenols is 1. The zero-order valence-corrected chi connectivity index (χ0v) is 14.8. The van der Waals surface area contributed by atoms with Crippen LogP contribution in [0.2, 0.25) is 0 Å². The highest BCUT2D eigenvalue weighted by Crippen LogP contribution is 2.28. The Morgan fingerprint density at radius 3 is 2.04 bits per heavy atom. The molecule has 136 valence electrons. The molecule has 0 saturated carbocycles. The second-order valence-electron chi connectivity index (χ2n) is 6.02. The van der Waals surface area contributed by atoms with Gasteiger partial charge in [-0.2, -0.15) is 10.2 Å². The van der Waals surface area contributed by atoms with Gasteiger partial charge < -0.3 is 9.84 Å². The van der Waals surface area contributed by atoms with Crippen LogP contribution >= 0.6 is 0 Å². The van der Waals surface area contributed by atoms with Crippen LogP contribution in [0.1, 0.15) is 21.5 Å². The number of aryl methyl sites for hydroxylation is 2. The minimum absolute atomic E-state index is 0.248. The van der Waals surface area contributed by atoms with Crippen molar-refractivity contribution in [2.45, 2.75) is 13.8 Å². The molecular formula is C21H17FN2O3. The summed E-state index contributed by atoms with van der Waals surface area (Å²) in [6.07, 6.45) is 0. The van der Waals surface area contributed by atoms with E-state index >= 15 is 0 Å². The SMILES string of the molecule is Cc1cc(N=Nc2ccc(C(=O)Oc3ccc(F)cc3)cc2)cc(C)c1O. The number of hydrogen-bond acceptors (Lipinski definition) is 5. The van der Waals surface area contributed by atoms with Gasteiger partial charge >= 0.3 is 5.97 Å². The lowest BCUT2D eigenvalue weighted by Gasteiger charge is -2.05. The fourth-order valence-electron chi connectivity index (χ4n) is 2.44. The van der Waals surface area contributed by atoms with Crippen LogP contribution in [0.5, 0.6) is 11.5 Å². The Balaban J connectivity index is 1.69. The van der Waals surface area contributed by atoms with Crippen LogP contribution in [0.3, 0.4) is 0 Å². The van der Waals surface area contributed by atoms with Crippen LogP contribution < -0.4 is 4.74 Å². The maximum absolute atomic E-state index is 12.9. The molecule has 3 aromatic rings. The minimum Gasteiger partial charge on any atom is -0.507 e. The van der Waals surface area contributed by atoms with Crippen molar-refractivity contribution in [2.75, 3.05) is 0 Å². The van der Waals surface area contributed by atoms with Crippen molar-refractivity contribution >= 4 is 17.3 Å². The number of halogens is 1. The first-order chi connectivity index (χ1) is 12.9. The topological polar surface area (TPSA) is 71.2 Å². The number of aromatic hydroxyl groups is 1. The molecule has 0 unspecified atom stereocenters. The van der Waals surface area contributed by atoms with Crippen molar-refractivity contribution < 1.29 is 19.0 Å². The van der Waals surface area contributed by atoms with Crippen molar-refractivity contribution in [3.63, 3.8) is 0 Å². The number of azo groups is 1. The van der Waals surface area contributed by atoms with Gasteiger partial charge in [0.15, 0.2) is 0 Å². The van der Waals surface area contributed by atoms with Gasteiger partial charge in [-0.3, -0.25) is 0 Å². The van der Waals surface area contributed by atoms with Gasteiger partial charge in [-0.15, -0.1) is 0 Å². The smallest absolute Gasteiger partial charge is 0.343 e. The Kier molecular flexibility index (Phi) is 5.26. The summed E-state index contributed by atoms with van der Waals surface area (Å²) in [5.74, 6) is -0.431. The fraction of sp³-hybridized carbons (Fsp3) is 0.0952. The number of phenolic OH excluding ortho intramolecular Hbond substituents is 1. The number of carbonyl (C=O) groups excluding carboxylic acids is 1. The molecule has 3 aromatic carbocycles. The molecule has 0 aliphatic carbocycles. The number of ether oxygens (including phenoxy) is 1. The molecule has 3 rings (SSSR count). The van der Waals surface area contributed by atoms with E-state index in [0.29, 0.717) is 16.9 Å². The van der Waals surface area contributed by atoms with Crippen molar-refractivity contribution in [1.29, 1.82) is 0 Å². The highest BCUT2D eigenvalue weighted by molar-refractivity contribution is 5.91. The maximum atomic E-state index is 12.9. The lowest BCUT2D eigenvalue weighted by Crippen LogP contribution is -2.08. The van der Waals surface area contributed by atoms with Gasteiger partial charge in [0.05, 0.1) is 16.9 Å². The number of esters is 1. The highest BCUT2D eigenvalue weighted by Gasteiger charge is 2.09. The van der Waals surface area contributed by atoms with Crippen molar-refractivity contribution in [3.8, 4) is 11.5 Å². The largest absolute Gasteiger partial charge is 0.507 e. The summed E-state index contributed by atoms with van der Waals surface area (Å²) in [4.78, 5) is 12.1. The zero-order valence-electron chi connectivity index (χ0n) is 14.8. The van der Waals surface area contributed by atoms with Crippen molar-refractivity contribution in [1.82, 2.24) is 0 Å². The molecule has 0 aliphatic heterocycles. The van der Waals surface area contributed by atoms with Crippen LogP contribution in [-0.4, -0.2) is 11.1 Å². The molecule has 0 aromatic heterocycles. The highest BCUT2D eigenvalue weighted by atomic mass is 19.1. The Labute approximate surface area is 155 Å². The monoisotopic (exact) mass is 364 g/mol. The third-order valence-electron chi connectivity index (χ3n) is 3.88. The van der Waals surface area contributed by atoms with E-state index in [1.54, 1.807) is 50.2 Å². The van der Waals surface area contributed by atoms with Gasteiger partial charge in [0, 0.05) is 0 Å². The lowest BCUT2D eigenvalue weighted by atomic mass is 10.1. The number of carbonyl (C=O) groups is 1. The maximum Gasteiger partial charge on any atom is 0.343 e. The summed E-state index contributed by atoms with van der Waals surface area (Å²) in [6, 6.07) is 15.1. The quantitative estimate of drug-likeness (QED) is 0.362. The number of nitrogens with zero attached hydrogens (tertiary/aromatic N) is 2. The molecule has 5 nitrogen and oxygen atoms in total. The van der Waals surface area contributed by atoms with Gasteiger partial charge in [0.25, 0.3) is 0 Å². The van der Waals surface area contributed by atoms with E-state index in [1.165, 1.54) is 24.3 Å². The van der Waals surface area contributed by atoms with Gasteiger partial charge in [0.2, 0.25) is 0 Å². The molecule has 0 saturated heterocycles. The second kappa shape index (κ2) is 7.78. The van der Waals surface area contributed by atoms with Gasteiger partial charge in [-0.1, -0.05) is 0 Å². The molecule has 0 radical (unpaired) electrons. The fourth-order valence-corrected chi connectivity index (χ4v) is 2.44. The van der Waals surface area contributed by atoms with Crippen LogP contribution in [0, 0.1) is 19.7 Å². The molecule has 6 heteroatoms. The Bertz CT molecular complexity index is 974. The minimum atomic E-state index is -0.546. The van der Waals surface area contributed by atoms with E-state index in [0.717, 1.165) is 11.1 Å². The molecule has 0 amide bonds. The third kappa shape index (κ3) is 4.55. The Hall–Kier alpha value is -3.54. The molecular weight excluding hydrogens is 347 g/mol. The predicted molar refractivity (Wildman–Crippen MR) is 99.6 cm³/mol. The predicted octanol–water partition coefficient (Wildman–Crippen LogP) is 5.78.